The van der Waals surface area contributed by atoms with Crippen LogP contribution in [0.5, 0.6) is 0 Å². The van der Waals surface area contributed by atoms with Crippen LogP contribution >= 0.6 is 0 Å². The van der Waals surface area contributed by atoms with Gasteiger partial charge >= 0.3 is 5.97 Å². The van der Waals surface area contributed by atoms with Gasteiger partial charge in [0.15, 0.2) is 0 Å². The van der Waals surface area contributed by atoms with E-state index in [2.05, 4.69) is 10.4 Å². The first-order valence-corrected chi connectivity index (χ1v) is 7.03. The summed E-state index contributed by atoms with van der Waals surface area (Å²) >= 11 is 0. The van der Waals surface area contributed by atoms with E-state index in [-0.39, 0.29) is 11.9 Å². The molecule has 1 saturated carbocycles. The van der Waals surface area contributed by atoms with Crippen LogP contribution in [0.4, 0.5) is 0 Å². The maximum absolute atomic E-state index is 12.2. The lowest BCUT2D eigenvalue weighted by Gasteiger charge is -2.22. The minimum atomic E-state index is -0.825. The van der Waals surface area contributed by atoms with E-state index in [0.717, 1.165) is 25.0 Å². The molecule has 1 aromatic heterocycles. The third-order valence-corrected chi connectivity index (χ3v) is 4.00. The van der Waals surface area contributed by atoms with Crippen molar-refractivity contribution in [1.82, 2.24) is 15.1 Å². The van der Waals surface area contributed by atoms with E-state index in [4.69, 9.17) is 0 Å². The van der Waals surface area contributed by atoms with Gasteiger partial charge in [0.25, 0.3) is 5.91 Å². The van der Waals surface area contributed by atoms with E-state index in [1.165, 1.54) is 0 Å². The van der Waals surface area contributed by atoms with Crippen molar-refractivity contribution in [1.29, 1.82) is 0 Å². The number of amides is 1. The van der Waals surface area contributed by atoms with Gasteiger partial charge in [-0.3, -0.25) is 14.3 Å². The minimum absolute atomic E-state index is 0.285. The molecule has 1 fully saturated rings. The highest BCUT2D eigenvalue weighted by Gasteiger charge is 2.31. The number of nitrogens with zero attached hydrogens (tertiary/aromatic N) is 2. The summed E-state index contributed by atoms with van der Waals surface area (Å²) in [6, 6.07) is 1.41. The lowest BCUT2D eigenvalue weighted by atomic mass is 9.95. The molecule has 0 saturated heterocycles. The van der Waals surface area contributed by atoms with Crippen LogP contribution < -0.4 is 5.32 Å². The Labute approximate surface area is 118 Å². The normalized spacial score (nSPS) is 23.1. The molecule has 0 spiro atoms. The zero-order valence-electron chi connectivity index (χ0n) is 11.9. The van der Waals surface area contributed by atoms with Crippen LogP contribution in [0.3, 0.4) is 0 Å². The van der Waals surface area contributed by atoms with Crippen molar-refractivity contribution in [3.63, 3.8) is 0 Å². The first-order valence-electron chi connectivity index (χ1n) is 7.03. The first-order chi connectivity index (χ1) is 9.49. The SMILES string of the molecule is Cc1cc(C(=O)N[C@H]2CCCCC[C@H]2C(=O)O)nn1C. The van der Waals surface area contributed by atoms with Crippen molar-refractivity contribution < 1.29 is 14.7 Å². The molecule has 1 aromatic rings. The van der Waals surface area contributed by atoms with Gasteiger partial charge in [0, 0.05) is 18.8 Å². The number of hydrogen-bond donors (Lipinski definition) is 2. The Morgan fingerprint density at radius 2 is 2.05 bits per heavy atom. The quantitative estimate of drug-likeness (QED) is 0.821. The van der Waals surface area contributed by atoms with Crippen molar-refractivity contribution in [3.8, 4) is 0 Å². The van der Waals surface area contributed by atoms with E-state index in [1.54, 1.807) is 17.8 Å². The van der Waals surface area contributed by atoms with Crippen LogP contribution in [-0.2, 0) is 11.8 Å². The molecule has 1 aliphatic carbocycles. The van der Waals surface area contributed by atoms with E-state index < -0.39 is 11.9 Å². The Hall–Kier alpha value is -1.85. The molecule has 0 unspecified atom stereocenters. The van der Waals surface area contributed by atoms with E-state index in [0.29, 0.717) is 18.5 Å². The summed E-state index contributed by atoms with van der Waals surface area (Å²) in [7, 11) is 1.78. The number of aliphatic carboxylic acids is 1. The number of aryl methyl sites for hydroxylation is 2. The summed E-state index contributed by atoms with van der Waals surface area (Å²) in [5, 5.41) is 16.3. The van der Waals surface area contributed by atoms with Gasteiger partial charge in [-0.05, 0) is 25.8 Å². The molecule has 0 aromatic carbocycles. The smallest absolute Gasteiger partial charge is 0.308 e. The lowest BCUT2D eigenvalue weighted by Crippen LogP contribution is -2.43. The number of aromatic nitrogens is 2. The summed E-state index contributed by atoms with van der Waals surface area (Å²) in [6.07, 6.45) is 4.23. The van der Waals surface area contributed by atoms with E-state index in [1.807, 2.05) is 6.92 Å². The van der Waals surface area contributed by atoms with Gasteiger partial charge in [0.1, 0.15) is 5.69 Å². The highest BCUT2D eigenvalue weighted by atomic mass is 16.4. The van der Waals surface area contributed by atoms with Crippen molar-refractivity contribution >= 4 is 11.9 Å². The predicted octanol–water partition coefficient (Wildman–Crippen LogP) is 1.49. The summed E-state index contributed by atoms with van der Waals surface area (Å²) in [5.74, 6) is -1.60. The van der Waals surface area contributed by atoms with Gasteiger partial charge in [-0.2, -0.15) is 5.10 Å². The van der Waals surface area contributed by atoms with Crippen LogP contribution in [0.25, 0.3) is 0 Å². The number of carbonyl (C=O) groups excluding carboxylic acids is 1. The summed E-state index contributed by atoms with van der Waals surface area (Å²) in [5.41, 5.74) is 1.24. The molecule has 6 nitrogen and oxygen atoms in total. The molecule has 0 aliphatic heterocycles. The standard InChI is InChI=1S/C14H21N3O3/c1-9-8-12(16-17(9)2)13(18)15-11-7-5-3-4-6-10(11)14(19)20/h8,10-11H,3-7H2,1-2H3,(H,15,18)(H,19,20)/t10-,11+/m1/s1. The average molecular weight is 279 g/mol. The fourth-order valence-corrected chi connectivity index (χ4v) is 2.69. The number of nitrogens with one attached hydrogen (secondary N) is 1. The maximum Gasteiger partial charge on any atom is 0.308 e. The Kier molecular flexibility index (Phi) is 4.42. The second kappa shape index (κ2) is 6.07. The van der Waals surface area contributed by atoms with Crippen molar-refractivity contribution in [3.05, 3.63) is 17.5 Å². The molecule has 2 rings (SSSR count). The Morgan fingerprint density at radius 1 is 1.35 bits per heavy atom. The molecular formula is C14H21N3O3. The van der Waals surface area contributed by atoms with E-state index >= 15 is 0 Å². The molecule has 2 N–H and O–H groups in total. The number of hydrogen-bond acceptors (Lipinski definition) is 3. The van der Waals surface area contributed by atoms with Gasteiger partial charge in [-0.25, -0.2) is 0 Å². The van der Waals surface area contributed by atoms with Gasteiger partial charge in [0.05, 0.1) is 5.92 Å². The molecule has 0 radical (unpaired) electrons. The molecule has 1 amide bonds. The van der Waals surface area contributed by atoms with Gasteiger partial charge in [-0.15, -0.1) is 0 Å². The van der Waals surface area contributed by atoms with Crippen LogP contribution in [0.15, 0.2) is 6.07 Å². The van der Waals surface area contributed by atoms with Crippen molar-refractivity contribution in [2.75, 3.05) is 0 Å². The van der Waals surface area contributed by atoms with Crippen LogP contribution in [0, 0.1) is 12.8 Å². The molecule has 0 bridgehead atoms. The third-order valence-electron chi connectivity index (χ3n) is 4.00. The molecule has 20 heavy (non-hydrogen) atoms. The fraction of sp³-hybridized carbons (Fsp3) is 0.643. The van der Waals surface area contributed by atoms with Crippen molar-refractivity contribution in [2.24, 2.45) is 13.0 Å². The number of carboxylic acids is 1. The molecule has 1 heterocycles. The third kappa shape index (κ3) is 3.18. The zero-order chi connectivity index (χ0) is 14.7. The second-order valence-electron chi connectivity index (χ2n) is 5.46. The molecule has 6 heteroatoms. The highest BCUT2D eigenvalue weighted by Crippen LogP contribution is 2.24. The zero-order valence-corrected chi connectivity index (χ0v) is 11.9. The van der Waals surface area contributed by atoms with Crippen LogP contribution in [-0.4, -0.2) is 32.8 Å². The maximum atomic E-state index is 12.2. The predicted molar refractivity (Wildman–Crippen MR) is 73.4 cm³/mol. The van der Waals surface area contributed by atoms with Crippen LogP contribution in [0.2, 0.25) is 0 Å². The minimum Gasteiger partial charge on any atom is -0.481 e. The lowest BCUT2D eigenvalue weighted by molar-refractivity contribution is -0.142. The molecular weight excluding hydrogens is 258 g/mol. The first kappa shape index (κ1) is 14.6. The largest absolute Gasteiger partial charge is 0.481 e. The second-order valence-corrected chi connectivity index (χ2v) is 5.46. The van der Waals surface area contributed by atoms with Crippen LogP contribution in [0.1, 0.15) is 48.3 Å². The van der Waals surface area contributed by atoms with Gasteiger partial charge in [-0.1, -0.05) is 19.3 Å². The monoisotopic (exact) mass is 279 g/mol. The van der Waals surface area contributed by atoms with Gasteiger partial charge in [0.2, 0.25) is 0 Å². The molecule has 2 atom stereocenters. The summed E-state index contributed by atoms with van der Waals surface area (Å²) < 4.78 is 1.64. The number of carboxylic acid groups (broad SMARTS) is 1. The number of rotatable bonds is 3. The average Bonchev–Trinajstić information content (AvgIpc) is 2.62. The highest BCUT2D eigenvalue weighted by molar-refractivity contribution is 5.92. The Morgan fingerprint density at radius 3 is 2.65 bits per heavy atom. The fourth-order valence-electron chi connectivity index (χ4n) is 2.69. The van der Waals surface area contributed by atoms with E-state index in [9.17, 15) is 14.7 Å². The summed E-state index contributed by atoms with van der Waals surface area (Å²) in [4.78, 5) is 23.5. The topological polar surface area (TPSA) is 84.2 Å². The Bertz CT molecular complexity index is 490. The number of carbonyl (C=O) groups is 2. The Balaban J connectivity index is 2.09. The van der Waals surface area contributed by atoms with Gasteiger partial charge < -0.3 is 10.4 Å². The molecule has 1 aliphatic rings. The molecule has 110 valence electrons. The van der Waals surface area contributed by atoms with Crippen molar-refractivity contribution in [2.45, 2.75) is 45.1 Å². The summed E-state index contributed by atoms with van der Waals surface area (Å²) in [6.45, 7) is 1.87.